The summed E-state index contributed by atoms with van der Waals surface area (Å²) in [4.78, 5) is 21.5. The van der Waals surface area contributed by atoms with Gasteiger partial charge in [-0.25, -0.2) is 4.98 Å². The molecule has 7 nitrogen and oxygen atoms in total. The lowest BCUT2D eigenvalue weighted by molar-refractivity contribution is -0.129. The summed E-state index contributed by atoms with van der Waals surface area (Å²) in [5.74, 6) is 1.31. The van der Waals surface area contributed by atoms with Crippen LogP contribution in [0.4, 0.5) is 11.4 Å². The number of rotatable bonds is 7. The van der Waals surface area contributed by atoms with Crippen LogP contribution in [-0.4, -0.2) is 32.1 Å². The Morgan fingerprint density at radius 1 is 0.933 bits per heavy atom. The summed E-state index contributed by atoms with van der Waals surface area (Å²) in [6, 6.07) is 23.7. The van der Waals surface area contributed by atoms with E-state index in [-0.39, 0.29) is 5.91 Å². The second kappa shape index (κ2) is 11.2. The average molecular weight is 596 g/mol. The Kier molecular flexibility index (Phi) is 6.89. The van der Waals surface area contributed by atoms with Gasteiger partial charge in [0, 0.05) is 74.6 Å². The van der Waals surface area contributed by atoms with Gasteiger partial charge in [0.2, 0.25) is 11.8 Å². The number of amides is 1. The van der Waals surface area contributed by atoms with Crippen LogP contribution >= 0.6 is 0 Å². The number of hydrogen-bond acceptors (Lipinski definition) is 5. The molecular weight excluding hydrogens is 558 g/mol. The van der Waals surface area contributed by atoms with Crippen molar-refractivity contribution in [1.82, 2.24) is 19.7 Å². The van der Waals surface area contributed by atoms with Crippen LogP contribution in [0.15, 0.2) is 85.3 Å². The summed E-state index contributed by atoms with van der Waals surface area (Å²) >= 11 is 0. The van der Waals surface area contributed by atoms with Gasteiger partial charge < -0.3 is 14.5 Å². The lowest BCUT2D eigenvalue weighted by atomic mass is 9.90. The third kappa shape index (κ3) is 5.37. The zero-order valence-corrected chi connectivity index (χ0v) is 25.9. The number of aromatic nitrogens is 3. The van der Waals surface area contributed by atoms with Crippen LogP contribution in [-0.2, 0) is 38.0 Å². The summed E-state index contributed by atoms with van der Waals surface area (Å²) in [6.07, 6.45) is 10.5. The molecule has 3 aromatic carbocycles. The van der Waals surface area contributed by atoms with E-state index < -0.39 is 0 Å². The molecule has 5 aromatic rings. The maximum absolute atomic E-state index is 12.6. The molecule has 7 heteroatoms. The zero-order chi connectivity index (χ0) is 30.5. The van der Waals surface area contributed by atoms with Gasteiger partial charge in [-0.15, -0.1) is 0 Å². The van der Waals surface area contributed by atoms with Gasteiger partial charge in [0.25, 0.3) is 0 Å². The van der Waals surface area contributed by atoms with Crippen LogP contribution in [0.5, 0.6) is 5.88 Å². The molecule has 0 unspecified atom stereocenters. The molecule has 0 radical (unpaired) electrons. The molecule has 1 saturated carbocycles. The first-order valence-corrected chi connectivity index (χ1v) is 16.0. The predicted octanol–water partition coefficient (Wildman–Crippen LogP) is 7.55. The van der Waals surface area contributed by atoms with Gasteiger partial charge in [-0.1, -0.05) is 30.3 Å². The third-order valence-electron chi connectivity index (χ3n) is 9.47. The molecule has 4 heterocycles. The lowest BCUT2D eigenvalue weighted by Gasteiger charge is -2.34. The fourth-order valence-electron chi connectivity index (χ4n) is 6.96. The van der Waals surface area contributed by atoms with Crippen LogP contribution in [0.3, 0.4) is 0 Å². The van der Waals surface area contributed by atoms with Crippen LogP contribution in [0.2, 0.25) is 0 Å². The molecule has 1 amide bonds. The predicted molar refractivity (Wildman–Crippen MR) is 176 cm³/mol. The number of anilines is 2. The third-order valence-corrected chi connectivity index (χ3v) is 9.47. The second-order valence-electron chi connectivity index (χ2n) is 12.7. The Bertz CT molecular complexity index is 1910. The Balaban J connectivity index is 1.20. The molecule has 0 bridgehead atoms. The molecular formula is C38H37N5O2. The van der Waals surface area contributed by atoms with Gasteiger partial charge in [0.15, 0.2) is 0 Å². The largest absolute Gasteiger partial charge is 0.473 e. The molecule has 226 valence electrons. The summed E-state index contributed by atoms with van der Waals surface area (Å²) in [7, 11) is 1.99. The highest BCUT2D eigenvalue weighted by molar-refractivity contribution is 5.83. The van der Waals surface area contributed by atoms with Crippen LogP contribution in [0.25, 0.3) is 22.3 Å². The van der Waals surface area contributed by atoms with Crippen molar-refractivity contribution in [3.8, 4) is 28.1 Å². The molecule has 1 aliphatic carbocycles. The van der Waals surface area contributed by atoms with E-state index in [4.69, 9.17) is 4.74 Å². The van der Waals surface area contributed by atoms with Crippen LogP contribution in [0.1, 0.15) is 59.9 Å². The number of carbonyl (C=O) groups excluding carboxylic acids is 1. The first-order chi connectivity index (χ1) is 22.0. The number of aryl methyl sites for hydroxylation is 2. The van der Waals surface area contributed by atoms with E-state index in [0.717, 1.165) is 36.1 Å². The van der Waals surface area contributed by atoms with Crippen LogP contribution in [0, 0.1) is 0 Å². The Hall–Kier alpha value is -4.91. The monoisotopic (exact) mass is 595 g/mol. The highest BCUT2D eigenvalue weighted by atomic mass is 16.5. The summed E-state index contributed by atoms with van der Waals surface area (Å²) in [6.45, 7) is 4.35. The number of nitrogens with zero attached hydrogens (tertiary/aromatic N) is 5. The van der Waals surface area contributed by atoms with Crippen molar-refractivity contribution in [2.45, 2.75) is 58.2 Å². The summed E-state index contributed by atoms with van der Waals surface area (Å²) < 4.78 is 7.99. The minimum absolute atomic E-state index is 0.107. The highest BCUT2D eigenvalue weighted by Crippen LogP contribution is 2.49. The average Bonchev–Trinajstić information content (AvgIpc) is 3.67. The standard InChI is InChI=1S/C38H37N5O2/c1-25(44)42-22-31-15-30(28-12-13-39-38(18-28)45-24-26-7-4-3-5-8-26)17-37(35(31)23-42)43-14-6-9-29-16-33(32-20-40-41(2)21-32)34(19-36(29)43)27-10-11-27/h3-5,7-8,12-13,15-21,27H,6,9-11,14,22-24H2,1-2H3. The van der Waals surface area contributed by atoms with Gasteiger partial charge in [0.1, 0.15) is 6.61 Å². The molecule has 2 aliphatic heterocycles. The quantitative estimate of drug-likeness (QED) is 0.194. The van der Waals surface area contributed by atoms with E-state index in [2.05, 4.69) is 57.6 Å². The van der Waals surface area contributed by atoms with Crippen molar-refractivity contribution in [3.05, 3.63) is 113 Å². The van der Waals surface area contributed by atoms with Crippen molar-refractivity contribution in [3.63, 3.8) is 0 Å². The van der Waals surface area contributed by atoms with Gasteiger partial charge in [-0.2, -0.15) is 5.10 Å². The van der Waals surface area contributed by atoms with Gasteiger partial charge in [-0.3, -0.25) is 9.48 Å². The Morgan fingerprint density at radius 3 is 2.58 bits per heavy atom. The van der Waals surface area contributed by atoms with Crippen molar-refractivity contribution < 1.29 is 9.53 Å². The van der Waals surface area contributed by atoms with Crippen molar-refractivity contribution in [2.24, 2.45) is 7.05 Å². The number of pyridine rings is 1. The van der Waals surface area contributed by atoms with Gasteiger partial charge in [-0.05, 0) is 101 Å². The van der Waals surface area contributed by atoms with E-state index in [9.17, 15) is 4.79 Å². The SMILES string of the molecule is CC(=O)N1Cc2cc(-c3ccnc(OCc4ccccc4)c3)cc(N3CCCc4cc(-c5cnn(C)c5)c(C5CC5)cc43)c2C1. The molecule has 8 rings (SSSR count). The van der Waals surface area contributed by atoms with E-state index >= 15 is 0 Å². The van der Waals surface area contributed by atoms with E-state index in [1.54, 1.807) is 6.92 Å². The van der Waals surface area contributed by atoms with Crippen molar-refractivity contribution >= 4 is 17.3 Å². The molecule has 0 N–H and O–H groups in total. The molecule has 0 atom stereocenters. The molecule has 0 spiro atoms. The van der Waals surface area contributed by atoms with E-state index in [1.807, 2.05) is 59.4 Å². The number of ether oxygens (including phenoxy) is 1. The number of benzene rings is 3. The Morgan fingerprint density at radius 2 is 1.80 bits per heavy atom. The normalized spacial score (nSPS) is 15.6. The first-order valence-electron chi connectivity index (χ1n) is 16.0. The minimum Gasteiger partial charge on any atom is -0.473 e. The minimum atomic E-state index is 0.107. The highest BCUT2D eigenvalue weighted by Gasteiger charge is 2.32. The molecule has 3 aliphatic rings. The van der Waals surface area contributed by atoms with Crippen LogP contribution < -0.4 is 9.64 Å². The molecule has 0 saturated heterocycles. The fourth-order valence-corrected chi connectivity index (χ4v) is 6.96. The summed E-state index contributed by atoms with van der Waals surface area (Å²) in [5.41, 5.74) is 13.6. The number of fused-ring (bicyclic) bond motifs is 2. The van der Waals surface area contributed by atoms with E-state index in [0.29, 0.717) is 31.5 Å². The number of carbonyl (C=O) groups is 1. The maximum atomic E-state index is 12.6. The Labute approximate surface area is 264 Å². The summed E-state index contributed by atoms with van der Waals surface area (Å²) in [5, 5.41) is 4.48. The lowest BCUT2D eigenvalue weighted by Crippen LogP contribution is -2.26. The van der Waals surface area contributed by atoms with Crippen molar-refractivity contribution in [2.75, 3.05) is 11.4 Å². The second-order valence-corrected chi connectivity index (χ2v) is 12.7. The molecule has 2 aromatic heterocycles. The smallest absolute Gasteiger partial charge is 0.220 e. The fraction of sp³-hybridized carbons (Fsp3) is 0.289. The number of hydrogen-bond donors (Lipinski definition) is 0. The van der Waals surface area contributed by atoms with Crippen molar-refractivity contribution in [1.29, 1.82) is 0 Å². The maximum Gasteiger partial charge on any atom is 0.220 e. The van der Waals surface area contributed by atoms with Gasteiger partial charge >= 0.3 is 0 Å². The first kappa shape index (κ1) is 27.6. The van der Waals surface area contributed by atoms with E-state index in [1.165, 1.54) is 57.6 Å². The van der Waals surface area contributed by atoms with Gasteiger partial charge in [0.05, 0.1) is 6.20 Å². The zero-order valence-electron chi connectivity index (χ0n) is 25.9. The molecule has 45 heavy (non-hydrogen) atoms. The topological polar surface area (TPSA) is 63.5 Å². The molecule has 1 fully saturated rings.